The molecule has 3 nitrogen and oxygen atoms in total. The molecular formula is C4H8N2O. The summed E-state index contributed by atoms with van der Waals surface area (Å²) in [5.41, 5.74) is 0.655. The number of rotatable bonds is 1. The average molecular weight is 100 g/mol. The maximum Gasteiger partial charge on any atom is 0.0968 e. The minimum absolute atomic E-state index is 0.294. The molecule has 0 bridgehead atoms. The molecule has 0 aromatic rings. The lowest BCUT2D eigenvalue weighted by molar-refractivity contribution is 0.320. The minimum Gasteiger partial charge on any atom is -0.411 e. The van der Waals surface area contributed by atoms with Gasteiger partial charge in [-0.2, -0.15) is 0 Å². The Bertz CT molecular complexity index is 106. The molecule has 0 spiro atoms. The summed E-state index contributed by atoms with van der Waals surface area (Å²) in [6.07, 6.45) is 0. The van der Waals surface area contributed by atoms with E-state index in [-0.39, 0.29) is 0 Å². The van der Waals surface area contributed by atoms with E-state index in [4.69, 9.17) is 10.6 Å². The lowest BCUT2D eigenvalue weighted by atomic mass is 10.3. The fourth-order valence-electron chi connectivity index (χ4n) is 0.0750. The first-order valence-corrected chi connectivity index (χ1v) is 1.92. The second-order valence-corrected chi connectivity index (χ2v) is 1.31. The third kappa shape index (κ3) is 1.92. The Labute approximate surface area is 42.2 Å². The minimum atomic E-state index is 0.294. The molecule has 40 valence electrons. The first-order chi connectivity index (χ1) is 3.18. The summed E-state index contributed by atoms with van der Waals surface area (Å²) in [4.78, 5) is 0. The first-order valence-electron chi connectivity index (χ1n) is 1.92. The zero-order chi connectivity index (χ0) is 5.86. The monoisotopic (exact) mass is 100 g/mol. The number of nitrogens with one attached hydrogen (secondary N) is 1. The quantitative estimate of drug-likeness (QED) is 0.287. The van der Waals surface area contributed by atoms with Crippen LogP contribution in [0.5, 0.6) is 0 Å². The Morgan fingerprint density at radius 2 is 2.00 bits per heavy atom. The van der Waals surface area contributed by atoms with E-state index in [0.717, 1.165) is 0 Å². The summed E-state index contributed by atoms with van der Waals surface area (Å²) < 4.78 is 0. The summed E-state index contributed by atoms with van der Waals surface area (Å²) in [7, 11) is 0. The molecule has 0 aromatic heterocycles. The van der Waals surface area contributed by atoms with Gasteiger partial charge < -0.3 is 10.6 Å². The van der Waals surface area contributed by atoms with Gasteiger partial charge in [0.2, 0.25) is 0 Å². The highest BCUT2D eigenvalue weighted by Crippen LogP contribution is 1.74. The van der Waals surface area contributed by atoms with E-state index in [0.29, 0.717) is 11.4 Å². The fraction of sp³-hybridized carbons (Fsp3) is 0.500. The Morgan fingerprint density at radius 3 is 2.00 bits per heavy atom. The second kappa shape index (κ2) is 2.34. The van der Waals surface area contributed by atoms with Crippen molar-refractivity contribution in [3.63, 3.8) is 0 Å². The smallest absolute Gasteiger partial charge is 0.0968 e. The summed E-state index contributed by atoms with van der Waals surface area (Å²) in [6.45, 7) is 3.14. The van der Waals surface area contributed by atoms with Crippen LogP contribution in [-0.4, -0.2) is 16.6 Å². The van der Waals surface area contributed by atoms with Gasteiger partial charge in [0.05, 0.1) is 11.4 Å². The van der Waals surface area contributed by atoms with Gasteiger partial charge in [0.1, 0.15) is 0 Å². The van der Waals surface area contributed by atoms with Gasteiger partial charge in [-0.1, -0.05) is 5.16 Å². The molecule has 0 fully saturated rings. The molecule has 0 aliphatic rings. The molecule has 2 N–H and O–H groups in total. The van der Waals surface area contributed by atoms with E-state index in [1.807, 2.05) is 0 Å². The van der Waals surface area contributed by atoms with Crippen LogP contribution in [0.15, 0.2) is 5.16 Å². The van der Waals surface area contributed by atoms with E-state index in [1.54, 1.807) is 13.8 Å². The Morgan fingerprint density at radius 1 is 1.57 bits per heavy atom. The third-order valence-electron chi connectivity index (χ3n) is 0.693. The van der Waals surface area contributed by atoms with Crippen LogP contribution >= 0.6 is 0 Å². The predicted molar refractivity (Wildman–Crippen MR) is 28.3 cm³/mol. The first kappa shape index (κ1) is 6.14. The van der Waals surface area contributed by atoms with E-state index in [2.05, 4.69) is 5.16 Å². The van der Waals surface area contributed by atoms with Crippen LogP contribution in [0.25, 0.3) is 0 Å². The average Bonchev–Trinajstić information content (AvgIpc) is 1.65. The van der Waals surface area contributed by atoms with Crippen molar-refractivity contribution in [2.75, 3.05) is 0 Å². The molecule has 0 heterocycles. The molecule has 0 rings (SSSR count). The number of hydrogen-bond donors (Lipinski definition) is 2. The van der Waals surface area contributed by atoms with E-state index in [1.165, 1.54) is 0 Å². The topological polar surface area (TPSA) is 56.4 Å². The van der Waals surface area contributed by atoms with Crippen molar-refractivity contribution in [2.24, 2.45) is 5.16 Å². The standard InChI is InChI=1S/C4H8N2O/c1-3(5)4(2)6-7/h5,7H,1-2H3/b5-3?,6-4-. The molecule has 0 unspecified atom stereocenters. The van der Waals surface area contributed by atoms with Crippen LogP contribution in [-0.2, 0) is 0 Å². The highest BCUT2D eigenvalue weighted by atomic mass is 16.4. The third-order valence-corrected chi connectivity index (χ3v) is 0.693. The van der Waals surface area contributed by atoms with Crippen molar-refractivity contribution in [1.82, 2.24) is 0 Å². The van der Waals surface area contributed by atoms with Crippen molar-refractivity contribution < 1.29 is 5.21 Å². The van der Waals surface area contributed by atoms with Gasteiger partial charge in [0, 0.05) is 0 Å². The molecule has 0 saturated heterocycles. The van der Waals surface area contributed by atoms with Crippen LogP contribution in [0, 0.1) is 5.41 Å². The van der Waals surface area contributed by atoms with Gasteiger partial charge in [0.25, 0.3) is 0 Å². The predicted octanol–water partition coefficient (Wildman–Crippen LogP) is 0.876. The van der Waals surface area contributed by atoms with E-state index < -0.39 is 0 Å². The van der Waals surface area contributed by atoms with Crippen molar-refractivity contribution in [2.45, 2.75) is 13.8 Å². The molecule has 0 radical (unpaired) electrons. The summed E-state index contributed by atoms with van der Waals surface area (Å²) in [6, 6.07) is 0. The summed E-state index contributed by atoms with van der Waals surface area (Å²) >= 11 is 0. The van der Waals surface area contributed by atoms with E-state index >= 15 is 0 Å². The molecule has 7 heavy (non-hydrogen) atoms. The Hall–Kier alpha value is -0.860. The molecule has 0 saturated carbocycles. The van der Waals surface area contributed by atoms with Gasteiger partial charge in [-0.3, -0.25) is 0 Å². The van der Waals surface area contributed by atoms with Gasteiger partial charge in [0.15, 0.2) is 0 Å². The highest BCUT2D eigenvalue weighted by molar-refractivity contribution is 6.39. The highest BCUT2D eigenvalue weighted by Gasteiger charge is 1.88. The lowest BCUT2D eigenvalue weighted by Crippen LogP contribution is -2.01. The van der Waals surface area contributed by atoms with Gasteiger partial charge in [-0.15, -0.1) is 0 Å². The molecule has 0 aliphatic carbocycles. The molecule has 0 aromatic carbocycles. The van der Waals surface area contributed by atoms with Crippen LogP contribution in [0.3, 0.4) is 0 Å². The Balaban J connectivity index is 3.82. The van der Waals surface area contributed by atoms with Crippen LogP contribution in [0.2, 0.25) is 0 Å². The van der Waals surface area contributed by atoms with Gasteiger partial charge >= 0.3 is 0 Å². The number of oxime groups is 1. The molecule has 3 heteroatoms. The largest absolute Gasteiger partial charge is 0.411 e. The normalized spacial score (nSPS) is 11.4. The number of hydrogen-bond acceptors (Lipinski definition) is 3. The van der Waals surface area contributed by atoms with Crippen molar-refractivity contribution in [3.8, 4) is 0 Å². The SMILES string of the molecule is CC(=N)/C(C)=N\O. The van der Waals surface area contributed by atoms with Crippen molar-refractivity contribution >= 4 is 11.4 Å². The van der Waals surface area contributed by atoms with Crippen molar-refractivity contribution in [1.29, 1.82) is 5.41 Å². The zero-order valence-electron chi connectivity index (χ0n) is 4.39. The number of nitrogens with zero attached hydrogens (tertiary/aromatic N) is 1. The van der Waals surface area contributed by atoms with Crippen molar-refractivity contribution in [3.05, 3.63) is 0 Å². The fourth-order valence-corrected chi connectivity index (χ4v) is 0.0750. The Kier molecular flexibility index (Phi) is 2.05. The molecule has 0 aliphatic heterocycles. The van der Waals surface area contributed by atoms with Crippen LogP contribution in [0.4, 0.5) is 0 Å². The van der Waals surface area contributed by atoms with Crippen LogP contribution < -0.4 is 0 Å². The van der Waals surface area contributed by atoms with Crippen LogP contribution in [0.1, 0.15) is 13.8 Å². The maximum atomic E-state index is 7.95. The van der Waals surface area contributed by atoms with Gasteiger partial charge in [-0.25, -0.2) is 0 Å². The molecular weight excluding hydrogens is 92.1 g/mol. The lowest BCUT2D eigenvalue weighted by Gasteiger charge is -1.86. The second-order valence-electron chi connectivity index (χ2n) is 1.31. The summed E-state index contributed by atoms with van der Waals surface area (Å²) in [5.74, 6) is 0. The van der Waals surface area contributed by atoms with Gasteiger partial charge in [-0.05, 0) is 13.8 Å². The summed E-state index contributed by atoms with van der Waals surface area (Å²) in [5, 5.41) is 17.5. The zero-order valence-corrected chi connectivity index (χ0v) is 4.39. The molecule has 0 amide bonds. The molecule has 0 atom stereocenters. The van der Waals surface area contributed by atoms with E-state index in [9.17, 15) is 0 Å². The maximum absolute atomic E-state index is 7.95.